The zero-order chi connectivity index (χ0) is 10.3. The normalized spacial score (nSPS) is 32.1. The quantitative estimate of drug-likeness (QED) is 0.447. The van der Waals surface area contributed by atoms with Gasteiger partial charge in [-0.25, -0.2) is 4.79 Å². The molecule has 0 aromatic carbocycles. The monoisotopic (exact) mass is 183 g/mol. The van der Waals surface area contributed by atoms with Crippen molar-refractivity contribution in [1.29, 1.82) is 5.26 Å². The van der Waals surface area contributed by atoms with E-state index in [1.54, 1.807) is 0 Å². The Balaban J connectivity index is 2.83. The highest BCUT2D eigenvalue weighted by molar-refractivity contribution is 5.87. The summed E-state index contributed by atoms with van der Waals surface area (Å²) in [5.74, 6) is -0.602. The van der Waals surface area contributed by atoms with Crippen LogP contribution in [-0.4, -0.2) is 24.8 Å². The Morgan fingerprint density at radius 2 is 2.15 bits per heavy atom. The van der Waals surface area contributed by atoms with E-state index in [1.165, 1.54) is 7.11 Å². The van der Waals surface area contributed by atoms with Crippen LogP contribution >= 0.6 is 0 Å². The van der Waals surface area contributed by atoms with Crippen molar-refractivity contribution >= 4 is 5.97 Å². The number of hydrogen-bond acceptors (Lipinski definition) is 4. The van der Waals surface area contributed by atoms with E-state index < -0.39 is 11.6 Å². The molecule has 2 atom stereocenters. The molecule has 0 N–H and O–H groups in total. The lowest BCUT2D eigenvalue weighted by molar-refractivity contribution is -0.144. The van der Waals surface area contributed by atoms with Crippen LogP contribution in [0.1, 0.15) is 20.8 Å². The molecule has 1 aliphatic heterocycles. The number of epoxide rings is 1. The summed E-state index contributed by atoms with van der Waals surface area (Å²) in [6, 6.07) is 1.86. The van der Waals surface area contributed by atoms with Gasteiger partial charge in [0.25, 0.3) is 5.60 Å². The summed E-state index contributed by atoms with van der Waals surface area (Å²) in [7, 11) is 1.25. The van der Waals surface area contributed by atoms with Crippen LogP contribution in [0.25, 0.3) is 0 Å². The highest BCUT2D eigenvalue weighted by Crippen LogP contribution is 2.47. The van der Waals surface area contributed by atoms with Gasteiger partial charge < -0.3 is 9.47 Å². The summed E-state index contributed by atoms with van der Waals surface area (Å²) in [5.41, 5.74) is -1.57. The molecule has 4 nitrogen and oxygen atoms in total. The summed E-state index contributed by atoms with van der Waals surface area (Å²) in [5, 5.41) is 8.82. The molecule has 13 heavy (non-hydrogen) atoms. The Kier molecular flexibility index (Phi) is 2.08. The molecule has 72 valence electrons. The van der Waals surface area contributed by atoms with Crippen LogP contribution in [0.15, 0.2) is 0 Å². The molecule has 0 spiro atoms. The average Bonchev–Trinajstić information content (AvgIpc) is 2.78. The van der Waals surface area contributed by atoms with Crippen molar-refractivity contribution < 1.29 is 14.3 Å². The van der Waals surface area contributed by atoms with Gasteiger partial charge in [-0.15, -0.1) is 0 Å². The molecule has 0 unspecified atom stereocenters. The zero-order valence-corrected chi connectivity index (χ0v) is 8.25. The number of nitriles is 1. The van der Waals surface area contributed by atoms with Gasteiger partial charge in [0.05, 0.1) is 7.11 Å². The molecule has 1 rings (SSSR count). The van der Waals surface area contributed by atoms with Crippen molar-refractivity contribution in [2.45, 2.75) is 32.5 Å². The second-order valence-electron chi connectivity index (χ2n) is 4.20. The standard InChI is InChI=1S/C9H13NO3/c1-8(2,3)6-9(5-10,13-6)7(11)12-4/h6H,1-4H3/t6-,9+/m0/s1. The van der Waals surface area contributed by atoms with E-state index >= 15 is 0 Å². The van der Waals surface area contributed by atoms with E-state index in [-0.39, 0.29) is 11.5 Å². The van der Waals surface area contributed by atoms with E-state index in [4.69, 9.17) is 10.00 Å². The van der Waals surface area contributed by atoms with Crippen LogP contribution in [0, 0.1) is 16.7 Å². The number of carbonyl (C=O) groups is 1. The van der Waals surface area contributed by atoms with Gasteiger partial charge in [0.1, 0.15) is 12.2 Å². The molecule has 4 heteroatoms. The lowest BCUT2D eigenvalue weighted by Gasteiger charge is -2.14. The summed E-state index contributed by atoms with van der Waals surface area (Å²) < 4.78 is 9.64. The third-order valence-electron chi connectivity index (χ3n) is 2.06. The predicted octanol–water partition coefficient (Wildman–Crippen LogP) is 0.867. The lowest BCUT2D eigenvalue weighted by atomic mass is 9.85. The summed E-state index contributed by atoms with van der Waals surface area (Å²) in [4.78, 5) is 11.2. The largest absolute Gasteiger partial charge is 0.466 e. The van der Waals surface area contributed by atoms with E-state index in [0.29, 0.717) is 0 Å². The van der Waals surface area contributed by atoms with Crippen LogP contribution in [0.3, 0.4) is 0 Å². The first kappa shape index (κ1) is 10.0. The third-order valence-corrected chi connectivity index (χ3v) is 2.06. The Morgan fingerprint density at radius 1 is 1.62 bits per heavy atom. The maximum absolute atomic E-state index is 11.2. The molecule has 1 aliphatic rings. The molecule has 0 bridgehead atoms. The van der Waals surface area contributed by atoms with Gasteiger partial charge in [0.2, 0.25) is 0 Å². The topological polar surface area (TPSA) is 62.6 Å². The van der Waals surface area contributed by atoms with Crippen molar-refractivity contribution in [3.63, 3.8) is 0 Å². The maximum atomic E-state index is 11.2. The van der Waals surface area contributed by atoms with Gasteiger partial charge in [0.15, 0.2) is 0 Å². The van der Waals surface area contributed by atoms with Crippen LogP contribution in [0.4, 0.5) is 0 Å². The number of carbonyl (C=O) groups excluding carboxylic acids is 1. The van der Waals surface area contributed by atoms with Crippen LogP contribution in [0.5, 0.6) is 0 Å². The smallest absolute Gasteiger partial charge is 0.356 e. The van der Waals surface area contributed by atoms with E-state index in [0.717, 1.165) is 0 Å². The first-order valence-corrected chi connectivity index (χ1v) is 4.06. The molecule has 0 radical (unpaired) electrons. The summed E-state index contributed by atoms with van der Waals surface area (Å²) in [6.07, 6.45) is -0.363. The van der Waals surface area contributed by atoms with Gasteiger partial charge in [-0.1, -0.05) is 20.8 Å². The molecule has 1 fully saturated rings. The molecule has 0 amide bonds. The molecule has 0 aliphatic carbocycles. The zero-order valence-electron chi connectivity index (χ0n) is 8.25. The van der Waals surface area contributed by atoms with Crippen LogP contribution in [-0.2, 0) is 14.3 Å². The minimum Gasteiger partial charge on any atom is -0.466 e. The molecule has 0 aromatic rings. The van der Waals surface area contributed by atoms with Gasteiger partial charge in [0, 0.05) is 0 Å². The first-order valence-electron chi connectivity index (χ1n) is 4.06. The minimum absolute atomic E-state index is 0.218. The number of hydrogen-bond donors (Lipinski definition) is 0. The third kappa shape index (κ3) is 1.40. The number of esters is 1. The maximum Gasteiger partial charge on any atom is 0.356 e. The summed E-state index contributed by atoms with van der Waals surface area (Å²) in [6.45, 7) is 5.75. The van der Waals surface area contributed by atoms with Crippen molar-refractivity contribution in [3.05, 3.63) is 0 Å². The molecular weight excluding hydrogens is 170 g/mol. The first-order chi connectivity index (χ1) is 5.88. The van der Waals surface area contributed by atoms with E-state index in [2.05, 4.69) is 4.74 Å². The molecule has 0 saturated carbocycles. The minimum atomic E-state index is -1.35. The number of rotatable bonds is 1. The Bertz CT molecular complexity index is 274. The van der Waals surface area contributed by atoms with Crippen LogP contribution in [0.2, 0.25) is 0 Å². The number of methoxy groups -OCH3 is 1. The molecular formula is C9H13NO3. The van der Waals surface area contributed by atoms with Gasteiger partial charge in [-0.2, -0.15) is 5.26 Å². The molecule has 1 saturated heterocycles. The average molecular weight is 183 g/mol. The van der Waals surface area contributed by atoms with Gasteiger partial charge in [-0.3, -0.25) is 0 Å². The van der Waals surface area contributed by atoms with Crippen molar-refractivity contribution in [2.75, 3.05) is 7.11 Å². The second kappa shape index (κ2) is 2.71. The Hall–Kier alpha value is -1.08. The number of ether oxygens (including phenoxy) is 2. The fourth-order valence-corrected chi connectivity index (χ4v) is 1.38. The fraction of sp³-hybridized carbons (Fsp3) is 0.778. The van der Waals surface area contributed by atoms with Crippen LogP contribution < -0.4 is 0 Å². The fourth-order valence-electron chi connectivity index (χ4n) is 1.38. The highest BCUT2D eigenvalue weighted by Gasteiger charge is 2.69. The SMILES string of the molecule is COC(=O)[C@]1(C#N)O[C@H]1C(C)(C)C. The van der Waals surface area contributed by atoms with Crippen molar-refractivity contribution in [2.24, 2.45) is 5.41 Å². The highest BCUT2D eigenvalue weighted by atomic mass is 16.7. The second-order valence-corrected chi connectivity index (χ2v) is 4.20. The van der Waals surface area contributed by atoms with Gasteiger partial charge >= 0.3 is 5.97 Å². The Labute approximate surface area is 77.4 Å². The lowest BCUT2D eigenvalue weighted by Crippen LogP contribution is -2.32. The number of nitrogens with zero attached hydrogens (tertiary/aromatic N) is 1. The van der Waals surface area contributed by atoms with Crippen molar-refractivity contribution in [3.8, 4) is 6.07 Å². The van der Waals surface area contributed by atoms with E-state index in [9.17, 15) is 4.79 Å². The van der Waals surface area contributed by atoms with E-state index in [1.807, 2.05) is 26.8 Å². The predicted molar refractivity (Wildman–Crippen MR) is 44.7 cm³/mol. The van der Waals surface area contributed by atoms with Crippen molar-refractivity contribution in [1.82, 2.24) is 0 Å². The Morgan fingerprint density at radius 3 is 2.38 bits per heavy atom. The summed E-state index contributed by atoms with van der Waals surface area (Å²) >= 11 is 0. The molecule has 1 heterocycles. The van der Waals surface area contributed by atoms with Gasteiger partial charge in [-0.05, 0) is 5.41 Å². The molecule has 0 aromatic heterocycles.